The van der Waals surface area contributed by atoms with Crippen molar-refractivity contribution in [2.45, 2.75) is 21.0 Å². The van der Waals surface area contributed by atoms with Gasteiger partial charge >= 0.3 is 0 Å². The maximum Gasteiger partial charge on any atom is 0.212 e. The van der Waals surface area contributed by atoms with Crippen molar-refractivity contribution in [3.63, 3.8) is 0 Å². The molecule has 3 rings (SSSR count). The molecular formula is C23H20ClNO3S2. The zero-order chi connectivity index (χ0) is 21.3. The van der Waals surface area contributed by atoms with E-state index in [1.54, 1.807) is 24.3 Å². The van der Waals surface area contributed by atoms with Crippen LogP contribution in [0, 0.1) is 10.1 Å². The van der Waals surface area contributed by atoms with E-state index in [1.807, 2.05) is 60.7 Å². The number of carbonyl (C=O) groups excluding carboxylic acids is 1. The molecule has 0 saturated heterocycles. The molecule has 0 aliphatic heterocycles. The van der Waals surface area contributed by atoms with Gasteiger partial charge in [0, 0.05) is 19.7 Å². The lowest BCUT2D eigenvalue weighted by Crippen LogP contribution is -2.31. The monoisotopic (exact) mass is 457 g/mol. The number of hydrogen-bond donors (Lipinski definition) is 0. The maximum atomic E-state index is 13.3. The molecule has 0 aromatic heterocycles. The summed E-state index contributed by atoms with van der Waals surface area (Å²) >= 11 is 8.83. The number of hydrogen-bond acceptors (Lipinski definition) is 5. The fourth-order valence-electron chi connectivity index (χ4n) is 3.02. The molecule has 0 amide bonds. The van der Waals surface area contributed by atoms with Gasteiger partial charge in [-0.3, -0.25) is 14.9 Å². The molecule has 7 heteroatoms. The van der Waals surface area contributed by atoms with Crippen LogP contribution in [0.4, 0.5) is 0 Å². The number of thioether (sulfide) groups is 2. The number of nitro groups is 1. The average Bonchev–Trinajstić information content (AvgIpc) is 2.76. The van der Waals surface area contributed by atoms with E-state index in [4.69, 9.17) is 11.6 Å². The Hall–Kier alpha value is -2.28. The number of benzene rings is 3. The number of Topliss-reactive ketones (excluding diaryl/α,β-unsaturated/α-hetero) is 1. The van der Waals surface area contributed by atoms with Crippen LogP contribution in [-0.2, 0) is 4.79 Å². The number of ketones is 1. The van der Waals surface area contributed by atoms with Crippen molar-refractivity contribution in [2.24, 2.45) is 0 Å². The predicted molar refractivity (Wildman–Crippen MR) is 124 cm³/mol. The lowest BCUT2D eigenvalue weighted by molar-refractivity contribution is -0.483. The van der Waals surface area contributed by atoms with Gasteiger partial charge in [-0.2, -0.15) is 0 Å². The third-order valence-electron chi connectivity index (χ3n) is 4.46. The highest BCUT2D eigenvalue weighted by molar-refractivity contribution is 8.02. The highest BCUT2D eigenvalue weighted by Gasteiger charge is 2.34. The summed E-state index contributed by atoms with van der Waals surface area (Å²) in [6.45, 7) is -0.326. The van der Waals surface area contributed by atoms with Crippen molar-refractivity contribution >= 4 is 40.9 Å². The van der Waals surface area contributed by atoms with E-state index in [2.05, 4.69) is 0 Å². The van der Waals surface area contributed by atoms with Gasteiger partial charge in [-0.05, 0) is 42.0 Å². The first-order valence-electron chi connectivity index (χ1n) is 9.32. The lowest BCUT2D eigenvalue weighted by atomic mass is 9.93. The Bertz CT molecular complexity index is 969. The minimum Gasteiger partial charge on any atom is -0.297 e. The molecule has 0 heterocycles. The summed E-state index contributed by atoms with van der Waals surface area (Å²) in [7, 11) is 0. The van der Waals surface area contributed by atoms with E-state index in [9.17, 15) is 14.9 Å². The van der Waals surface area contributed by atoms with Crippen LogP contribution in [0.3, 0.4) is 0 Å². The first-order valence-corrected chi connectivity index (χ1v) is 11.6. The summed E-state index contributed by atoms with van der Waals surface area (Å²) in [6, 6.07) is 26.2. The molecule has 0 spiro atoms. The minimum atomic E-state index is -0.588. The van der Waals surface area contributed by atoms with Gasteiger partial charge in [-0.1, -0.05) is 60.1 Å². The molecule has 0 bridgehead atoms. The van der Waals surface area contributed by atoms with Crippen LogP contribution in [0.25, 0.3) is 0 Å². The quantitative estimate of drug-likeness (QED) is 0.205. The van der Waals surface area contributed by atoms with E-state index < -0.39 is 11.2 Å². The largest absolute Gasteiger partial charge is 0.297 e. The molecule has 0 unspecified atom stereocenters. The van der Waals surface area contributed by atoms with Crippen LogP contribution >= 0.6 is 35.1 Å². The van der Waals surface area contributed by atoms with Crippen LogP contribution < -0.4 is 0 Å². The second-order valence-corrected chi connectivity index (χ2v) is 9.29. The van der Waals surface area contributed by atoms with Crippen LogP contribution in [0.5, 0.6) is 0 Å². The Balaban J connectivity index is 1.89. The fourth-order valence-corrected chi connectivity index (χ4v) is 5.32. The molecule has 0 radical (unpaired) electrons. The van der Waals surface area contributed by atoms with Crippen LogP contribution in [-0.4, -0.2) is 28.3 Å². The lowest BCUT2D eigenvalue weighted by Gasteiger charge is -2.23. The molecule has 0 saturated carbocycles. The minimum absolute atomic E-state index is 0.0282. The third-order valence-corrected chi connectivity index (χ3v) is 7.13. The van der Waals surface area contributed by atoms with Crippen molar-refractivity contribution in [2.75, 3.05) is 12.3 Å². The summed E-state index contributed by atoms with van der Waals surface area (Å²) in [6.07, 6.45) is 0. The third kappa shape index (κ3) is 6.62. The van der Waals surface area contributed by atoms with E-state index in [0.29, 0.717) is 5.02 Å². The second-order valence-electron chi connectivity index (χ2n) is 6.59. The molecule has 30 heavy (non-hydrogen) atoms. The Morgan fingerprint density at radius 3 is 2.03 bits per heavy atom. The van der Waals surface area contributed by atoms with Crippen molar-refractivity contribution in [3.8, 4) is 0 Å². The van der Waals surface area contributed by atoms with Gasteiger partial charge in [0.15, 0.2) is 5.78 Å². The highest BCUT2D eigenvalue weighted by Crippen LogP contribution is 2.36. The Kier molecular flexibility index (Phi) is 8.37. The smallest absolute Gasteiger partial charge is 0.212 e. The van der Waals surface area contributed by atoms with Gasteiger partial charge in [0.1, 0.15) is 0 Å². The zero-order valence-electron chi connectivity index (χ0n) is 16.0. The van der Waals surface area contributed by atoms with Crippen molar-refractivity contribution in [1.29, 1.82) is 0 Å². The van der Waals surface area contributed by atoms with Crippen molar-refractivity contribution in [3.05, 3.63) is 106 Å². The summed E-state index contributed by atoms with van der Waals surface area (Å²) in [5.74, 6) is -0.345. The molecule has 154 valence electrons. The molecule has 4 nitrogen and oxygen atoms in total. The van der Waals surface area contributed by atoms with Gasteiger partial charge in [0.2, 0.25) is 6.54 Å². The summed E-state index contributed by atoms with van der Waals surface area (Å²) in [4.78, 5) is 26.3. The number of halogens is 1. The van der Waals surface area contributed by atoms with Crippen LogP contribution in [0.2, 0.25) is 5.02 Å². The average molecular weight is 458 g/mol. The topological polar surface area (TPSA) is 60.2 Å². The summed E-state index contributed by atoms with van der Waals surface area (Å²) in [5, 5.41) is 11.4. The number of carbonyl (C=O) groups is 1. The first kappa shape index (κ1) is 22.4. The molecule has 0 fully saturated rings. The van der Waals surface area contributed by atoms with Gasteiger partial charge in [-0.15, -0.1) is 23.5 Å². The van der Waals surface area contributed by atoms with E-state index in [-0.39, 0.29) is 23.0 Å². The standard InChI is InChI=1S/C23H20ClNO3S2/c24-18-13-11-17(12-14-18)21(15-25(27)28)23(30-20-9-5-2-6-10-20)22(26)16-29-19-7-3-1-4-8-19/h1-14,21,23H,15-16H2/t21-,23+/m0/s1. The fraction of sp³-hybridized carbons (Fsp3) is 0.174. The molecule has 2 atom stereocenters. The summed E-state index contributed by atoms with van der Waals surface area (Å²) < 4.78 is 0. The highest BCUT2D eigenvalue weighted by atomic mass is 35.5. The van der Waals surface area contributed by atoms with Gasteiger partial charge in [-0.25, -0.2) is 0 Å². The number of nitrogens with zero attached hydrogens (tertiary/aromatic N) is 1. The van der Waals surface area contributed by atoms with Crippen LogP contribution in [0.15, 0.2) is 94.7 Å². The molecule has 0 aliphatic rings. The van der Waals surface area contributed by atoms with Gasteiger partial charge < -0.3 is 0 Å². The van der Waals surface area contributed by atoms with Gasteiger partial charge in [0.05, 0.1) is 16.9 Å². The van der Waals surface area contributed by atoms with Gasteiger partial charge in [0.25, 0.3) is 0 Å². The van der Waals surface area contributed by atoms with Crippen LogP contribution in [0.1, 0.15) is 11.5 Å². The molecule has 3 aromatic rings. The molecule has 0 N–H and O–H groups in total. The Morgan fingerprint density at radius 1 is 0.900 bits per heavy atom. The first-order chi connectivity index (χ1) is 14.5. The van der Waals surface area contributed by atoms with Crippen molar-refractivity contribution in [1.82, 2.24) is 0 Å². The Morgan fingerprint density at radius 2 is 1.47 bits per heavy atom. The second kappa shape index (κ2) is 11.2. The molecule has 0 aliphatic carbocycles. The predicted octanol–water partition coefficient (Wildman–Crippen LogP) is 6.22. The molecular weight excluding hydrogens is 438 g/mol. The zero-order valence-corrected chi connectivity index (χ0v) is 18.4. The maximum absolute atomic E-state index is 13.3. The van der Waals surface area contributed by atoms with Crippen molar-refractivity contribution < 1.29 is 9.72 Å². The summed E-state index contributed by atoms with van der Waals surface area (Å²) in [5.41, 5.74) is 0.739. The normalized spacial score (nSPS) is 12.8. The van der Waals surface area contributed by atoms with E-state index in [1.165, 1.54) is 23.5 Å². The molecule has 3 aromatic carbocycles. The van der Waals surface area contributed by atoms with E-state index >= 15 is 0 Å². The Labute approximate surface area is 189 Å². The SMILES string of the molecule is O=C(CSc1ccccc1)[C@H](Sc1ccccc1)[C@@H](C[N+](=O)[O-])c1ccc(Cl)cc1. The number of rotatable bonds is 10. The van der Waals surface area contributed by atoms with E-state index in [0.717, 1.165) is 15.4 Å².